The van der Waals surface area contributed by atoms with Crippen LogP contribution in [0.1, 0.15) is 67.8 Å². The SMILES string of the molecule is O=C1CCC(N2Cc3cc4c(cc3C2=O)CN(C(=O)c2cccc3c2CCC3)C4)C(=O)N1. The fourth-order valence-corrected chi connectivity index (χ4v) is 5.61. The van der Waals surface area contributed by atoms with Crippen molar-refractivity contribution < 1.29 is 19.2 Å². The first-order valence-electron chi connectivity index (χ1n) is 11.2. The lowest BCUT2D eigenvalue weighted by Crippen LogP contribution is -2.52. The van der Waals surface area contributed by atoms with Gasteiger partial charge in [0.1, 0.15) is 6.04 Å². The van der Waals surface area contributed by atoms with E-state index in [9.17, 15) is 19.2 Å². The van der Waals surface area contributed by atoms with Gasteiger partial charge in [-0.3, -0.25) is 24.5 Å². The highest BCUT2D eigenvalue weighted by Gasteiger charge is 2.40. The van der Waals surface area contributed by atoms with Crippen LogP contribution in [0.15, 0.2) is 30.3 Å². The quantitative estimate of drug-likeness (QED) is 0.741. The molecule has 1 unspecified atom stereocenters. The molecule has 7 heteroatoms. The third-order valence-corrected chi connectivity index (χ3v) is 7.23. The van der Waals surface area contributed by atoms with Gasteiger partial charge in [0.15, 0.2) is 0 Å². The van der Waals surface area contributed by atoms with Crippen molar-refractivity contribution in [1.82, 2.24) is 15.1 Å². The second kappa shape index (κ2) is 7.02. The molecule has 3 aliphatic heterocycles. The molecule has 4 aliphatic rings. The van der Waals surface area contributed by atoms with Crippen molar-refractivity contribution >= 4 is 23.6 Å². The number of nitrogens with zero attached hydrogens (tertiary/aromatic N) is 2. The Morgan fingerprint density at radius 2 is 1.72 bits per heavy atom. The first kappa shape index (κ1) is 19.2. The van der Waals surface area contributed by atoms with Gasteiger partial charge in [-0.15, -0.1) is 0 Å². The number of hydrogen-bond acceptors (Lipinski definition) is 4. The van der Waals surface area contributed by atoms with E-state index in [1.54, 1.807) is 4.90 Å². The lowest BCUT2D eigenvalue weighted by Gasteiger charge is -2.29. The minimum Gasteiger partial charge on any atom is -0.330 e. The molecule has 0 saturated carbocycles. The zero-order valence-corrected chi connectivity index (χ0v) is 17.6. The molecule has 2 aromatic carbocycles. The summed E-state index contributed by atoms with van der Waals surface area (Å²) >= 11 is 0. The molecule has 1 N–H and O–H groups in total. The van der Waals surface area contributed by atoms with Crippen LogP contribution in [-0.2, 0) is 42.1 Å². The summed E-state index contributed by atoms with van der Waals surface area (Å²) in [5, 5.41) is 2.33. The summed E-state index contributed by atoms with van der Waals surface area (Å²) in [6.07, 6.45) is 3.69. The van der Waals surface area contributed by atoms with Crippen molar-refractivity contribution in [1.29, 1.82) is 0 Å². The number of imide groups is 1. The molecular formula is C25H23N3O4. The summed E-state index contributed by atoms with van der Waals surface area (Å²) in [6, 6.07) is 9.30. The largest absolute Gasteiger partial charge is 0.330 e. The third-order valence-electron chi connectivity index (χ3n) is 7.23. The summed E-state index contributed by atoms with van der Waals surface area (Å²) in [5.41, 5.74) is 6.81. The number of carbonyl (C=O) groups excluding carboxylic acids is 4. The molecule has 0 spiro atoms. The predicted molar refractivity (Wildman–Crippen MR) is 115 cm³/mol. The van der Waals surface area contributed by atoms with Crippen molar-refractivity contribution in [2.75, 3.05) is 0 Å². The van der Waals surface area contributed by atoms with Gasteiger partial charge in [0.2, 0.25) is 11.8 Å². The highest BCUT2D eigenvalue weighted by atomic mass is 16.2. The van der Waals surface area contributed by atoms with Crippen molar-refractivity contribution in [2.45, 2.75) is 57.8 Å². The number of aryl methyl sites for hydroxylation is 1. The number of rotatable bonds is 2. The Bertz CT molecular complexity index is 1220. The molecule has 6 rings (SSSR count). The molecule has 4 amide bonds. The minimum absolute atomic E-state index is 0.0524. The molecule has 1 aliphatic carbocycles. The summed E-state index contributed by atoms with van der Waals surface area (Å²) in [6.45, 7) is 1.36. The van der Waals surface area contributed by atoms with Crippen LogP contribution in [0.4, 0.5) is 0 Å². The topological polar surface area (TPSA) is 86.8 Å². The minimum atomic E-state index is -0.610. The van der Waals surface area contributed by atoms with Gasteiger partial charge in [-0.2, -0.15) is 0 Å². The highest BCUT2D eigenvalue weighted by Crippen LogP contribution is 2.34. The Balaban J connectivity index is 1.23. The van der Waals surface area contributed by atoms with Crippen molar-refractivity contribution in [3.05, 3.63) is 69.3 Å². The second-order valence-electron chi connectivity index (χ2n) is 9.14. The van der Waals surface area contributed by atoms with Crippen LogP contribution in [0.2, 0.25) is 0 Å². The molecule has 32 heavy (non-hydrogen) atoms. The molecule has 1 saturated heterocycles. The molecule has 162 valence electrons. The van der Waals surface area contributed by atoms with E-state index in [0.29, 0.717) is 31.6 Å². The third kappa shape index (κ3) is 2.87. The van der Waals surface area contributed by atoms with Gasteiger partial charge in [-0.05, 0) is 65.6 Å². The lowest BCUT2D eigenvalue weighted by atomic mass is 10.0. The van der Waals surface area contributed by atoms with Crippen LogP contribution >= 0.6 is 0 Å². The molecule has 0 radical (unpaired) electrons. The van der Waals surface area contributed by atoms with Crippen molar-refractivity contribution in [3.63, 3.8) is 0 Å². The normalized spacial score (nSPS) is 21.5. The van der Waals surface area contributed by atoms with Gasteiger partial charge in [0.25, 0.3) is 11.8 Å². The number of benzene rings is 2. The lowest BCUT2D eigenvalue weighted by molar-refractivity contribution is -0.136. The fraction of sp³-hybridized carbons (Fsp3) is 0.360. The average Bonchev–Trinajstić information content (AvgIpc) is 3.49. The number of nitrogens with one attached hydrogen (secondary N) is 1. The summed E-state index contributed by atoms with van der Waals surface area (Å²) < 4.78 is 0. The van der Waals surface area contributed by atoms with E-state index in [1.807, 2.05) is 29.2 Å². The van der Waals surface area contributed by atoms with Gasteiger partial charge < -0.3 is 9.80 Å². The van der Waals surface area contributed by atoms with Gasteiger partial charge in [0.05, 0.1) is 0 Å². The number of carbonyl (C=O) groups is 4. The highest BCUT2D eigenvalue weighted by molar-refractivity contribution is 6.05. The number of amides is 4. The maximum absolute atomic E-state index is 13.3. The van der Waals surface area contributed by atoms with Crippen LogP contribution in [-0.4, -0.2) is 39.5 Å². The Hall–Kier alpha value is -3.48. The van der Waals surface area contributed by atoms with Crippen LogP contribution in [0.25, 0.3) is 0 Å². The zero-order valence-electron chi connectivity index (χ0n) is 17.6. The summed E-state index contributed by atoms with van der Waals surface area (Å²) in [4.78, 5) is 53.5. The second-order valence-corrected chi connectivity index (χ2v) is 9.14. The molecular weight excluding hydrogens is 406 g/mol. The molecule has 3 heterocycles. The summed E-state index contributed by atoms with van der Waals surface area (Å²) in [5.74, 6) is -0.815. The standard InChI is InChI=1S/C25H23N3O4/c29-22-8-7-21(23(30)26-22)28-13-17-9-15-11-27(12-16(15)10-20(17)25(28)32)24(31)19-6-2-4-14-3-1-5-18(14)19/h2,4,6,9-10,21H,1,3,5,7-8,11-13H2,(H,26,29,30). The molecule has 1 atom stereocenters. The zero-order chi connectivity index (χ0) is 22.0. The van der Waals surface area contributed by atoms with E-state index in [1.165, 1.54) is 11.1 Å². The Morgan fingerprint density at radius 1 is 0.906 bits per heavy atom. The maximum atomic E-state index is 13.3. The van der Waals surface area contributed by atoms with E-state index in [2.05, 4.69) is 11.4 Å². The van der Waals surface area contributed by atoms with Crippen LogP contribution in [0, 0.1) is 0 Å². The Morgan fingerprint density at radius 3 is 2.53 bits per heavy atom. The van der Waals surface area contributed by atoms with E-state index in [0.717, 1.165) is 41.5 Å². The van der Waals surface area contributed by atoms with Gasteiger partial charge >= 0.3 is 0 Å². The number of fused-ring (bicyclic) bond motifs is 3. The van der Waals surface area contributed by atoms with Crippen molar-refractivity contribution in [3.8, 4) is 0 Å². The molecule has 0 bridgehead atoms. The molecule has 7 nitrogen and oxygen atoms in total. The molecule has 1 fully saturated rings. The van der Waals surface area contributed by atoms with E-state index in [-0.39, 0.29) is 24.1 Å². The van der Waals surface area contributed by atoms with Crippen LogP contribution in [0.3, 0.4) is 0 Å². The number of hydrogen-bond donors (Lipinski definition) is 1. The Kier molecular flexibility index (Phi) is 4.22. The first-order valence-corrected chi connectivity index (χ1v) is 11.2. The summed E-state index contributed by atoms with van der Waals surface area (Å²) in [7, 11) is 0. The smallest absolute Gasteiger partial charge is 0.255 e. The average molecular weight is 429 g/mol. The predicted octanol–water partition coefficient (Wildman–Crippen LogP) is 2.09. The van der Waals surface area contributed by atoms with E-state index < -0.39 is 11.9 Å². The number of piperidine rings is 1. The van der Waals surface area contributed by atoms with Crippen molar-refractivity contribution in [2.24, 2.45) is 0 Å². The van der Waals surface area contributed by atoms with Crippen LogP contribution < -0.4 is 5.32 Å². The Labute approximate surface area is 185 Å². The van der Waals surface area contributed by atoms with Gasteiger partial charge in [0, 0.05) is 37.2 Å². The first-order chi connectivity index (χ1) is 15.5. The molecule has 2 aromatic rings. The van der Waals surface area contributed by atoms with Crippen LogP contribution in [0.5, 0.6) is 0 Å². The monoisotopic (exact) mass is 429 g/mol. The molecule has 0 aromatic heterocycles. The maximum Gasteiger partial charge on any atom is 0.255 e. The van der Waals surface area contributed by atoms with Gasteiger partial charge in [-0.25, -0.2) is 0 Å². The van der Waals surface area contributed by atoms with E-state index in [4.69, 9.17) is 0 Å². The van der Waals surface area contributed by atoms with E-state index >= 15 is 0 Å². The fourth-order valence-electron chi connectivity index (χ4n) is 5.61. The van der Waals surface area contributed by atoms with Gasteiger partial charge in [-0.1, -0.05) is 18.2 Å².